The van der Waals surface area contributed by atoms with E-state index in [0.29, 0.717) is 39.5 Å². The lowest BCUT2D eigenvalue weighted by Crippen LogP contribution is -2.53. The van der Waals surface area contributed by atoms with Gasteiger partial charge in [-0.05, 0) is 90.6 Å². The van der Waals surface area contributed by atoms with Crippen LogP contribution in [0.2, 0.25) is 10.0 Å². The number of nitrogens with zero attached hydrogens (tertiary/aromatic N) is 2. The molecular formula is C41H29Cl2F6N3O6. The third-order valence-electron chi connectivity index (χ3n) is 11.6. The van der Waals surface area contributed by atoms with Crippen molar-refractivity contribution in [2.24, 2.45) is 23.7 Å². The van der Waals surface area contributed by atoms with E-state index in [1.165, 1.54) is 37.4 Å². The van der Waals surface area contributed by atoms with Crippen LogP contribution in [0, 0.1) is 23.7 Å². The molecule has 0 radical (unpaired) electrons. The minimum Gasteiger partial charge on any atom is -0.508 e. The molecule has 58 heavy (non-hydrogen) atoms. The van der Waals surface area contributed by atoms with Crippen molar-refractivity contribution in [2.45, 2.75) is 36.5 Å². The van der Waals surface area contributed by atoms with Crippen LogP contribution < -0.4 is 15.1 Å². The van der Waals surface area contributed by atoms with Crippen LogP contribution in [0.3, 0.4) is 0 Å². The van der Waals surface area contributed by atoms with Gasteiger partial charge in [-0.15, -0.1) is 0 Å². The van der Waals surface area contributed by atoms with E-state index in [1.807, 2.05) is 0 Å². The van der Waals surface area contributed by atoms with Gasteiger partial charge in [0.1, 0.15) is 11.5 Å². The largest absolute Gasteiger partial charge is 0.508 e. The van der Waals surface area contributed by atoms with Crippen LogP contribution in [-0.2, 0) is 36.9 Å². The first-order valence-electron chi connectivity index (χ1n) is 17.8. The highest BCUT2D eigenvalue weighted by molar-refractivity contribution is 6.36. The average molecular weight is 845 g/mol. The Hall–Kier alpha value is -5.54. The number of methoxy groups -OCH3 is 1. The Morgan fingerprint density at radius 3 is 2.02 bits per heavy atom. The molecule has 2 aliphatic carbocycles. The monoisotopic (exact) mass is 843 g/mol. The molecule has 4 aromatic carbocycles. The normalized spacial score (nSPS) is 25.7. The Morgan fingerprint density at radius 2 is 1.43 bits per heavy atom. The number of anilines is 2. The number of ether oxygens (including phenoxy) is 1. The van der Waals surface area contributed by atoms with Gasteiger partial charge in [-0.1, -0.05) is 59.1 Å². The third kappa shape index (κ3) is 6.08. The highest BCUT2D eigenvalue weighted by atomic mass is 35.5. The fraction of sp³-hybridized carbons (Fsp3) is 0.268. The highest BCUT2D eigenvalue weighted by Crippen LogP contribution is 2.64. The number of nitrogens with one attached hydrogen (secondary N) is 1. The van der Waals surface area contributed by atoms with Gasteiger partial charge in [-0.2, -0.15) is 31.4 Å². The van der Waals surface area contributed by atoms with Gasteiger partial charge >= 0.3 is 12.4 Å². The van der Waals surface area contributed by atoms with E-state index in [-0.39, 0.29) is 40.4 Å². The summed E-state index contributed by atoms with van der Waals surface area (Å²) in [5.41, 5.74) is -1.80. The van der Waals surface area contributed by atoms with Gasteiger partial charge in [0.25, 0.3) is 11.8 Å². The molecule has 0 spiro atoms. The second kappa shape index (κ2) is 13.8. The number of fused-ring (bicyclic) bond motifs is 4. The number of hydrazine groups is 1. The molecular weight excluding hydrogens is 815 g/mol. The third-order valence-corrected chi connectivity index (χ3v) is 12.2. The lowest BCUT2D eigenvalue weighted by molar-refractivity contribution is -0.143. The SMILES string of the molecule is COc1ccc(C23C(=O)N(Nc4ccc(Cl)cc4Cl)C(=O)C2CC2C(=CCC4C(=O)N(c5cc(C(F)(F)F)cc(C(F)(F)F)c5)C(=O)C42)C3c2ccc(O)cc2)cc1. The van der Waals surface area contributed by atoms with Gasteiger partial charge in [0.2, 0.25) is 11.8 Å². The summed E-state index contributed by atoms with van der Waals surface area (Å²) in [6, 6.07) is 17.3. The zero-order chi connectivity index (χ0) is 41.6. The number of aromatic hydroxyl groups is 1. The quantitative estimate of drug-likeness (QED) is 0.113. The van der Waals surface area contributed by atoms with Gasteiger partial charge in [0.05, 0.1) is 57.8 Å². The molecule has 4 amide bonds. The van der Waals surface area contributed by atoms with Crippen molar-refractivity contribution in [1.82, 2.24) is 5.01 Å². The Labute approximate surface area is 335 Å². The smallest absolute Gasteiger partial charge is 0.416 e. The second-order valence-electron chi connectivity index (χ2n) is 14.6. The van der Waals surface area contributed by atoms with E-state index >= 15 is 4.79 Å². The molecule has 6 unspecified atom stereocenters. The molecule has 17 heteroatoms. The summed E-state index contributed by atoms with van der Waals surface area (Å²) < 4.78 is 88.9. The van der Waals surface area contributed by atoms with E-state index < -0.39 is 87.8 Å². The molecule has 4 aromatic rings. The number of phenolic OH excluding ortho intramolecular Hbond substituents is 1. The van der Waals surface area contributed by atoms with Crippen LogP contribution in [0.15, 0.2) is 96.6 Å². The van der Waals surface area contributed by atoms with Crippen LogP contribution >= 0.6 is 23.2 Å². The van der Waals surface area contributed by atoms with Crippen LogP contribution in [-0.4, -0.2) is 40.9 Å². The molecule has 9 nitrogen and oxygen atoms in total. The second-order valence-corrected chi connectivity index (χ2v) is 15.4. The summed E-state index contributed by atoms with van der Waals surface area (Å²) in [5.74, 6) is -9.05. The number of phenols is 1. The lowest BCUT2D eigenvalue weighted by atomic mass is 9.49. The van der Waals surface area contributed by atoms with E-state index in [2.05, 4.69) is 5.43 Å². The number of allylic oxidation sites excluding steroid dienone is 2. The van der Waals surface area contributed by atoms with Crippen LogP contribution in [0.5, 0.6) is 11.5 Å². The van der Waals surface area contributed by atoms with Crippen LogP contribution in [0.1, 0.15) is 41.0 Å². The number of hydrogen-bond acceptors (Lipinski definition) is 7. The number of alkyl halides is 6. The number of imide groups is 2. The van der Waals surface area contributed by atoms with Gasteiger partial charge in [0.15, 0.2) is 0 Å². The highest BCUT2D eigenvalue weighted by Gasteiger charge is 2.70. The minimum absolute atomic E-state index is 0.0780. The lowest BCUT2D eigenvalue weighted by Gasteiger charge is -2.50. The van der Waals surface area contributed by atoms with Gasteiger partial charge in [-0.25, -0.2) is 4.90 Å². The molecule has 2 N–H and O–H groups in total. The summed E-state index contributed by atoms with van der Waals surface area (Å²) in [6.45, 7) is 0. The topological polar surface area (TPSA) is 116 Å². The molecule has 0 bridgehead atoms. The van der Waals surface area contributed by atoms with Crippen LogP contribution in [0.4, 0.5) is 37.7 Å². The number of carbonyl (C=O) groups is 4. The number of hydrogen-bond donors (Lipinski definition) is 2. The van der Waals surface area contributed by atoms with Gasteiger partial charge < -0.3 is 9.84 Å². The fourth-order valence-electron chi connectivity index (χ4n) is 9.21. The molecule has 4 aliphatic rings. The predicted molar refractivity (Wildman–Crippen MR) is 198 cm³/mol. The Bertz CT molecular complexity index is 2390. The van der Waals surface area contributed by atoms with Crippen molar-refractivity contribution in [1.29, 1.82) is 0 Å². The first kappa shape index (κ1) is 39.3. The molecule has 0 aromatic heterocycles. The molecule has 2 aliphatic heterocycles. The Balaban J connectivity index is 1.30. The van der Waals surface area contributed by atoms with Crippen molar-refractivity contribution in [3.05, 3.63) is 129 Å². The summed E-state index contributed by atoms with van der Waals surface area (Å²) in [6.07, 6.45) is -9.23. The van der Waals surface area contributed by atoms with E-state index in [1.54, 1.807) is 42.5 Å². The summed E-state index contributed by atoms with van der Waals surface area (Å²) in [4.78, 5) is 59.1. The Morgan fingerprint density at radius 1 is 0.793 bits per heavy atom. The van der Waals surface area contributed by atoms with Crippen LogP contribution in [0.25, 0.3) is 0 Å². The molecule has 6 atom stereocenters. The summed E-state index contributed by atoms with van der Waals surface area (Å²) >= 11 is 12.6. The maximum Gasteiger partial charge on any atom is 0.416 e. The number of benzene rings is 4. The first-order valence-corrected chi connectivity index (χ1v) is 18.5. The van der Waals surface area contributed by atoms with E-state index in [9.17, 15) is 45.8 Å². The van der Waals surface area contributed by atoms with Crippen molar-refractivity contribution in [3.8, 4) is 11.5 Å². The molecule has 2 saturated heterocycles. The van der Waals surface area contributed by atoms with Gasteiger partial charge in [0, 0.05) is 10.9 Å². The van der Waals surface area contributed by atoms with E-state index in [0.717, 1.165) is 5.01 Å². The molecule has 3 fully saturated rings. The minimum atomic E-state index is -5.25. The predicted octanol–water partition coefficient (Wildman–Crippen LogP) is 8.93. The van der Waals surface area contributed by atoms with Crippen molar-refractivity contribution < 1.29 is 55.4 Å². The summed E-state index contributed by atoms with van der Waals surface area (Å²) in [7, 11) is 1.45. The zero-order valence-corrected chi connectivity index (χ0v) is 31.4. The number of carbonyl (C=O) groups excluding carboxylic acids is 4. The average Bonchev–Trinajstić information content (AvgIpc) is 3.56. The van der Waals surface area contributed by atoms with Gasteiger partial charge in [-0.3, -0.25) is 24.6 Å². The number of amides is 4. The zero-order valence-electron chi connectivity index (χ0n) is 29.9. The van der Waals surface area contributed by atoms with Crippen molar-refractivity contribution in [2.75, 3.05) is 17.4 Å². The molecule has 2 heterocycles. The first-order chi connectivity index (χ1) is 27.4. The molecule has 1 saturated carbocycles. The van der Waals surface area contributed by atoms with E-state index in [4.69, 9.17) is 27.9 Å². The van der Waals surface area contributed by atoms with Crippen molar-refractivity contribution >= 4 is 58.2 Å². The fourth-order valence-corrected chi connectivity index (χ4v) is 9.66. The number of rotatable bonds is 6. The molecule has 300 valence electrons. The maximum absolute atomic E-state index is 15.3. The standard InChI is InChI=1S/C41H29Cl2F6N3O6/c1-58-26-9-4-20(5-10-26)39-30(36(55)52(38(39)57)50-32-13-6-23(42)17-31(32)43)18-29-27(34(39)19-2-7-25(53)8-3-19)11-12-28-33(29)37(56)51(35(28)54)24-15-21(40(44,45)46)14-22(16-24)41(47,48)49/h2-11,13-17,28-30,33-34,50,53H,12,18H2,1H3. The van der Waals surface area contributed by atoms with Crippen molar-refractivity contribution in [3.63, 3.8) is 0 Å². The summed E-state index contributed by atoms with van der Waals surface area (Å²) in [5, 5.41) is 11.5. The number of halogens is 8. The molecule has 8 rings (SSSR count). The maximum atomic E-state index is 15.3. The Kier molecular flexibility index (Phi) is 9.35.